The van der Waals surface area contributed by atoms with Crippen molar-refractivity contribution in [2.45, 2.75) is 0 Å². The molecule has 0 aliphatic carbocycles. The van der Waals surface area contributed by atoms with E-state index < -0.39 is 11.6 Å². The third kappa shape index (κ3) is 2.42. The first-order chi connectivity index (χ1) is 6.06. The molecule has 70 valence electrons. The predicted octanol–water partition coefficient (Wildman–Crippen LogP) is 3.66. The normalized spacial score (nSPS) is 10.2. The van der Waals surface area contributed by atoms with Crippen LogP contribution < -0.4 is 0 Å². The van der Waals surface area contributed by atoms with Crippen molar-refractivity contribution in [2.24, 2.45) is 0 Å². The van der Waals surface area contributed by atoms with Gasteiger partial charge < -0.3 is 0 Å². The van der Waals surface area contributed by atoms with Gasteiger partial charge in [0.2, 0.25) is 0 Å². The van der Waals surface area contributed by atoms with Crippen molar-refractivity contribution in [2.75, 3.05) is 5.88 Å². The summed E-state index contributed by atoms with van der Waals surface area (Å²) in [4.78, 5) is 11.1. The first-order valence-electron chi connectivity index (χ1n) is 3.30. The number of carbonyl (C=O) groups excluding carboxylic acids is 1. The van der Waals surface area contributed by atoms with E-state index in [-0.39, 0.29) is 16.5 Å². The summed E-state index contributed by atoms with van der Waals surface area (Å²) in [6, 6.07) is 2.26. The van der Waals surface area contributed by atoms with Crippen molar-refractivity contribution in [3.63, 3.8) is 0 Å². The van der Waals surface area contributed by atoms with Crippen molar-refractivity contribution >= 4 is 44.9 Å². The molecule has 0 aliphatic heterocycles. The van der Waals surface area contributed by atoms with Crippen LogP contribution in [0.15, 0.2) is 16.6 Å². The first kappa shape index (κ1) is 11.0. The fourth-order valence-electron chi connectivity index (χ4n) is 0.831. The van der Waals surface area contributed by atoms with Crippen molar-refractivity contribution in [1.82, 2.24) is 0 Å². The Morgan fingerprint density at radius 2 is 2.15 bits per heavy atom. The van der Waals surface area contributed by atoms with Gasteiger partial charge in [-0.15, -0.1) is 11.6 Å². The van der Waals surface area contributed by atoms with Crippen molar-refractivity contribution in [3.05, 3.63) is 33.0 Å². The van der Waals surface area contributed by atoms with Crippen LogP contribution in [0.2, 0.25) is 5.02 Å². The number of ketones is 1. The molecule has 13 heavy (non-hydrogen) atoms. The molecular weight excluding hydrogens is 282 g/mol. The molecule has 0 aromatic heterocycles. The molecule has 1 aromatic carbocycles. The van der Waals surface area contributed by atoms with Gasteiger partial charge in [0, 0.05) is 10.0 Å². The topological polar surface area (TPSA) is 17.1 Å². The molecule has 1 rings (SSSR count). The maximum atomic E-state index is 12.8. The van der Waals surface area contributed by atoms with Crippen molar-refractivity contribution in [1.29, 1.82) is 0 Å². The number of halogens is 4. The van der Waals surface area contributed by atoms with Gasteiger partial charge in [0.05, 0.1) is 10.9 Å². The molecule has 0 saturated heterocycles. The molecule has 0 fully saturated rings. The van der Waals surface area contributed by atoms with Gasteiger partial charge in [0.15, 0.2) is 5.78 Å². The minimum absolute atomic E-state index is 0.101. The summed E-state index contributed by atoms with van der Waals surface area (Å²) in [6.07, 6.45) is 0. The lowest BCUT2D eigenvalue weighted by Gasteiger charge is -2.03. The second-order valence-corrected chi connectivity index (χ2v) is 3.81. The summed E-state index contributed by atoms with van der Waals surface area (Å²) in [7, 11) is 0. The van der Waals surface area contributed by atoms with Crippen LogP contribution in [0.25, 0.3) is 0 Å². The van der Waals surface area contributed by atoms with Crippen LogP contribution >= 0.6 is 39.1 Å². The standard InChI is InChI=1S/C8H4BrCl2FO/c9-6-2-4(12)1-5(8(6)11)7(13)3-10/h1-2H,3H2. The second kappa shape index (κ2) is 4.40. The molecule has 0 unspecified atom stereocenters. The van der Waals surface area contributed by atoms with E-state index in [1.54, 1.807) is 0 Å². The summed E-state index contributed by atoms with van der Waals surface area (Å²) in [5, 5.41) is 0.187. The number of Topliss-reactive ketones (excluding diaryl/α,β-unsaturated/α-hetero) is 1. The van der Waals surface area contributed by atoms with Crippen LogP contribution in [0.3, 0.4) is 0 Å². The largest absolute Gasteiger partial charge is 0.293 e. The van der Waals surface area contributed by atoms with E-state index in [9.17, 15) is 9.18 Å². The average molecular weight is 286 g/mol. The Morgan fingerprint density at radius 1 is 1.54 bits per heavy atom. The fourth-order valence-corrected chi connectivity index (χ4v) is 1.62. The highest BCUT2D eigenvalue weighted by molar-refractivity contribution is 9.10. The van der Waals surface area contributed by atoms with E-state index in [0.717, 1.165) is 6.07 Å². The number of carbonyl (C=O) groups is 1. The van der Waals surface area contributed by atoms with Gasteiger partial charge in [-0.2, -0.15) is 0 Å². The lowest BCUT2D eigenvalue weighted by atomic mass is 10.1. The Hall–Kier alpha value is -0.120. The Kier molecular flexibility index (Phi) is 3.71. The molecule has 0 aliphatic rings. The third-order valence-electron chi connectivity index (χ3n) is 1.41. The van der Waals surface area contributed by atoms with Crippen molar-refractivity contribution < 1.29 is 9.18 Å². The Labute approximate surface area is 93.0 Å². The molecule has 1 aromatic rings. The van der Waals surface area contributed by atoms with Crippen LogP contribution in [0.4, 0.5) is 4.39 Å². The molecule has 0 atom stereocenters. The van der Waals surface area contributed by atoms with E-state index in [2.05, 4.69) is 15.9 Å². The Bertz CT molecular complexity index is 354. The molecule has 0 bridgehead atoms. The quantitative estimate of drug-likeness (QED) is 0.460. The molecule has 1 nitrogen and oxygen atoms in total. The van der Waals surface area contributed by atoms with E-state index in [0.29, 0.717) is 4.47 Å². The minimum atomic E-state index is -0.523. The fraction of sp³-hybridized carbons (Fsp3) is 0.125. The lowest BCUT2D eigenvalue weighted by Crippen LogP contribution is -2.02. The van der Waals surface area contributed by atoms with Gasteiger partial charge >= 0.3 is 0 Å². The number of alkyl halides is 1. The van der Waals surface area contributed by atoms with Crippen LogP contribution in [-0.4, -0.2) is 11.7 Å². The van der Waals surface area contributed by atoms with E-state index >= 15 is 0 Å². The molecule has 0 saturated carbocycles. The molecule has 0 N–H and O–H groups in total. The maximum absolute atomic E-state index is 12.8. The van der Waals surface area contributed by atoms with Crippen LogP contribution in [0, 0.1) is 5.82 Å². The SMILES string of the molecule is O=C(CCl)c1cc(F)cc(Br)c1Cl. The molecular formula is C8H4BrCl2FO. The zero-order valence-corrected chi connectivity index (χ0v) is 9.38. The highest BCUT2D eigenvalue weighted by Crippen LogP contribution is 2.27. The zero-order chi connectivity index (χ0) is 10.0. The smallest absolute Gasteiger partial charge is 0.179 e. The number of rotatable bonds is 2. The Balaban J connectivity index is 3.28. The van der Waals surface area contributed by atoms with Gasteiger partial charge in [-0.1, -0.05) is 11.6 Å². The molecule has 0 amide bonds. The van der Waals surface area contributed by atoms with Crippen molar-refractivity contribution in [3.8, 4) is 0 Å². The summed E-state index contributed by atoms with van der Waals surface area (Å²) in [5.41, 5.74) is 0.101. The monoisotopic (exact) mass is 284 g/mol. The minimum Gasteiger partial charge on any atom is -0.293 e. The van der Waals surface area contributed by atoms with E-state index in [1.165, 1.54) is 6.07 Å². The number of benzene rings is 1. The summed E-state index contributed by atoms with van der Waals surface area (Å²) < 4.78 is 13.2. The van der Waals surface area contributed by atoms with Gasteiger partial charge in [-0.25, -0.2) is 4.39 Å². The van der Waals surface area contributed by atoms with E-state index in [4.69, 9.17) is 23.2 Å². The second-order valence-electron chi connectivity index (χ2n) is 2.31. The predicted molar refractivity (Wildman–Crippen MR) is 54.2 cm³/mol. The Morgan fingerprint density at radius 3 is 2.69 bits per heavy atom. The third-order valence-corrected chi connectivity index (χ3v) is 2.92. The van der Waals surface area contributed by atoms with Gasteiger partial charge in [-0.3, -0.25) is 4.79 Å². The number of hydrogen-bond acceptors (Lipinski definition) is 1. The van der Waals surface area contributed by atoms with Crippen LogP contribution in [-0.2, 0) is 0 Å². The zero-order valence-electron chi connectivity index (χ0n) is 6.28. The summed E-state index contributed by atoms with van der Waals surface area (Å²) in [5.74, 6) is -1.13. The molecule has 0 spiro atoms. The van der Waals surface area contributed by atoms with E-state index in [1.807, 2.05) is 0 Å². The van der Waals surface area contributed by atoms with Gasteiger partial charge in [-0.05, 0) is 28.1 Å². The average Bonchev–Trinajstić information content (AvgIpc) is 2.10. The van der Waals surface area contributed by atoms with Crippen LogP contribution in [0.1, 0.15) is 10.4 Å². The van der Waals surface area contributed by atoms with Crippen LogP contribution in [0.5, 0.6) is 0 Å². The molecule has 0 heterocycles. The molecule has 0 radical (unpaired) electrons. The first-order valence-corrected chi connectivity index (χ1v) is 5.00. The number of hydrogen-bond donors (Lipinski definition) is 0. The highest BCUT2D eigenvalue weighted by Gasteiger charge is 2.13. The molecule has 5 heteroatoms. The van der Waals surface area contributed by atoms with Gasteiger partial charge in [0.1, 0.15) is 5.82 Å². The highest BCUT2D eigenvalue weighted by atomic mass is 79.9. The van der Waals surface area contributed by atoms with Gasteiger partial charge in [0.25, 0.3) is 0 Å². The maximum Gasteiger partial charge on any atom is 0.179 e. The summed E-state index contributed by atoms with van der Waals surface area (Å²) in [6.45, 7) is 0. The summed E-state index contributed by atoms with van der Waals surface area (Å²) >= 11 is 14.1. The lowest BCUT2D eigenvalue weighted by molar-refractivity contribution is 0.102.